The van der Waals surface area contributed by atoms with Gasteiger partial charge in [-0.2, -0.15) is 0 Å². The molecule has 74 valence electrons. The summed E-state index contributed by atoms with van der Waals surface area (Å²) < 4.78 is 0. The molecule has 0 unspecified atom stereocenters. The molecule has 0 saturated carbocycles. The van der Waals surface area contributed by atoms with Gasteiger partial charge in [-0.25, -0.2) is 4.98 Å². The van der Waals surface area contributed by atoms with Crippen molar-refractivity contribution in [2.45, 2.75) is 6.92 Å². The van der Waals surface area contributed by atoms with Gasteiger partial charge in [0.1, 0.15) is 0 Å². The van der Waals surface area contributed by atoms with E-state index in [9.17, 15) is 9.59 Å². The minimum absolute atomic E-state index is 0.0986. The fourth-order valence-electron chi connectivity index (χ4n) is 0.766. The Morgan fingerprint density at radius 1 is 1.71 bits per heavy atom. The second-order valence-corrected chi connectivity index (χ2v) is 4.52. The number of nitrogens with zero attached hydrogens (tertiary/aromatic N) is 1. The summed E-state index contributed by atoms with van der Waals surface area (Å²) in [6.45, 7) is 1.53. The Morgan fingerprint density at radius 2 is 2.50 bits per heavy atom. The van der Waals surface area contributed by atoms with Crippen molar-refractivity contribution in [2.75, 3.05) is 5.75 Å². The summed E-state index contributed by atoms with van der Waals surface area (Å²) in [5.41, 5.74) is 0.765. The predicted octanol–water partition coefficient (Wildman–Crippen LogP) is 2.25. The molecule has 0 fully saturated rings. The molecule has 0 aliphatic carbocycles. The molecule has 0 radical (unpaired) electrons. The van der Waals surface area contributed by atoms with Gasteiger partial charge in [-0.3, -0.25) is 9.59 Å². The molecule has 0 spiro atoms. The summed E-state index contributed by atoms with van der Waals surface area (Å²) in [6.07, 6.45) is 4.39. The zero-order valence-electron chi connectivity index (χ0n) is 7.60. The third kappa shape index (κ3) is 3.85. The molecule has 0 N–H and O–H groups in total. The highest BCUT2D eigenvalue weighted by Crippen LogP contribution is 2.09. The van der Waals surface area contributed by atoms with Crippen molar-refractivity contribution in [1.29, 1.82) is 0 Å². The van der Waals surface area contributed by atoms with Crippen LogP contribution in [0.15, 0.2) is 11.5 Å². The van der Waals surface area contributed by atoms with Crippen LogP contribution in [0.2, 0.25) is 0 Å². The fraction of sp³-hybridized carbons (Fsp3) is 0.222. The molecule has 0 saturated heterocycles. The number of carbonyl (C=O) groups excluding carboxylic acids is 2. The maximum atomic E-state index is 10.6. The lowest BCUT2D eigenvalue weighted by Crippen LogP contribution is -1.82. The van der Waals surface area contributed by atoms with Gasteiger partial charge in [0, 0.05) is 18.1 Å². The standard InChI is InChI=1S/C9H9NO2S2/c1-7(12)13-4-2-3-8-6-14-9(5-11)10-8/h2-3,5-6H,4H2,1H3. The maximum absolute atomic E-state index is 10.6. The van der Waals surface area contributed by atoms with E-state index in [0.29, 0.717) is 10.8 Å². The van der Waals surface area contributed by atoms with Crippen molar-refractivity contribution in [3.63, 3.8) is 0 Å². The average molecular weight is 227 g/mol. The minimum Gasteiger partial charge on any atom is -0.295 e. The minimum atomic E-state index is 0.0986. The van der Waals surface area contributed by atoms with Crippen LogP contribution < -0.4 is 0 Å². The highest BCUT2D eigenvalue weighted by molar-refractivity contribution is 8.13. The molecule has 5 heteroatoms. The lowest BCUT2D eigenvalue weighted by atomic mass is 10.4. The first-order valence-corrected chi connectivity index (χ1v) is 5.79. The Labute approximate surface area is 90.2 Å². The van der Waals surface area contributed by atoms with E-state index in [1.807, 2.05) is 6.08 Å². The number of rotatable bonds is 4. The molecule has 0 bridgehead atoms. The Morgan fingerprint density at radius 3 is 3.07 bits per heavy atom. The predicted molar refractivity (Wildman–Crippen MR) is 59.7 cm³/mol. The Balaban J connectivity index is 2.43. The lowest BCUT2D eigenvalue weighted by Gasteiger charge is -1.87. The van der Waals surface area contributed by atoms with E-state index in [1.54, 1.807) is 11.5 Å². The van der Waals surface area contributed by atoms with Gasteiger partial charge in [0.15, 0.2) is 16.4 Å². The van der Waals surface area contributed by atoms with Gasteiger partial charge in [0.05, 0.1) is 5.69 Å². The van der Waals surface area contributed by atoms with E-state index in [0.717, 1.165) is 12.0 Å². The Kier molecular flexibility index (Phi) is 4.55. The monoisotopic (exact) mass is 227 g/mol. The summed E-state index contributed by atoms with van der Waals surface area (Å²) in [5.74, 6) is 0.642. The molecule has 3 nitrogen and oxygen atoms in total. The Hall–Kier alpha value is -0.940. The van der Waals surface area contributed by atoms with Crippen molar-refractivity contribution in [2.24, 2.45) is 0 Å². The number of aldehydes is 1. The normalized spacial score (nSPS) is 10.6. The molecular formula is C9H9NO2S2. The zero-order valence-corrected chi connectivity index (χ0v) is 9.23. The van der Waals surface area contributed by atoms with Crippen molar-refractivity contribution in [3.05, 3.63) is 22.2 Å². The number of thioether (sulfide) groups is 1. The van der Waals surface area contributed by atoms with Crippen LogP contribution >= 0.6 is 23.1 Å². The number of carbonyl (C=O) groups is 2. The molecule has 0 atom stereocenters. The summed E-state index contributed by atoms with van der Waals surface area (Å²) in [6, 6.07) is 0. The lowest BCUT2D eigenvalue weighted by molar-refractivity contribution is -0.109. The van der Waals surface area contributed by atoms with E-state index in [-0.39, 0.29) is 5.12 Å². The summed E-state index contributed by atoms with van der Waals surface area (Å²) in [7, 11) is 0. The van der Waals surface area contributed by atoms with Crippen LogP contribution in [-0.2, 0) is 4.79 Å². The molecule has 1 heterocycles. The maximum Gasteiger partial charge on any atom is 0.186 e. The number of thiazole rings is 1. The van der Waals surface area contributed by atoms with Gasteiger partial charge >= 0.3 is 0 Å². The van der Waals surface area contributed by atoms with Crippen LogP contribution in [-0.4, -0.2) is 22.1 Å². The molecule has 0 amide bonds. The highest BCUT2D eigenvalue weighted by atomic mass is 32.2. The van der Waals surface area contributed by atoms with Crippen LogP contribution in [0, 0.1) is 0 Å². The van der Waals surface area contributed by atoms with Gasteiger partial charge in [-0.1, -0.05) is 17.8 Å². The summed E-state index contributed by atoms with van der Waals surface area (Å²) in [5, 5.41) is 2.38. The molecule has 0 aromatic carbocycles. The van der Waals surface area contributed by atoms with Gasteiger partial charge in [-0.15, -0.1) is 11.3 Å². The van der Waals surface area contributed by atoms with Crippen LogP contribution in [0.25, 0.3) is 6.08 Å². The first-order chi connectivity index (χ1) is 6.72. The van der Waals surface area contributed by atoms with Crippen molar-refractivity contribution >= 4 is 40.6 Å². The topological polar surface area (TPSA) is 47.0 Å². The van der Waals surface area contributed by atoms with E-state index < -0.39 is 0 Å². The smallest absolute Gasteiger partial charge is 0.186 e. The Bertz CT molecular complexity index is 357. The van der Waals surface area contributed by atoms with E-state index >= 15 is 0 Å². The van der Waals surface area contributed by atoms with E-state index in [2.05, 4.69) is 4.98 Å². The van der Waals surface area contributed by atoms with Crippen molar-refractivity contribution < 1.29 is 9.59 Å². The number of aromatic nitrogens is 1. The average Bonchev–Trinajstić information content (AvgIpc) is 2.60. The second-order valence-electron chi connectivity index (χ2n) is 2.43. The highest BCUT2D eigenvalue weighted by Gasteiger charge is 1.96. The second kappa shape index (κ2) is 5.72. The van der Waals surface area contributed by atoms with Crippen LogP contribution in [0.5, 0.6) is 0 Å². The van der Waals surface area contributed by atoms with Crippen LogP contribution in [0.3, 0.4) is 0 Å². The van der Waals surface area contributed by atoms with Gasteiger partial charge in [-0.05, 0) is 6.08 Å². The first kappa shape index (κ1) is 11.1. The summed E-state index contributed by atoms with van der Waals surface area (Å²) in [4.78, 5) is 24.9. The van der Waals surface area contributed by atoms with E-state index in [1.165, 1.54) is 30.0 Å². The fourth-order valence-corrected chi connectivity index (χ4v) is 1.78. The third-order valence-electron chi connectivity index (χ3n) is 1.31. The molecular weight excluding hydrogens is 218 g/mol. The first-order valence-electron chi connectivity index (χ1n) is 3.93. The van der Waals surface area contributed by atoms with Crippen molar-refractivity contribution in [1.82, 2.24) is 4.98 Å². The van der Waals surface area contributed by atoms with Crippen molar-refractivity contribution in [3.8, 4) is 0 Å². The zero-order chi connectivity index (χ0) is 10.4. The molecule has 1 rings (SSSR count). The van der Waals surface area contributed by atoms with E-state index in [4.69, 9.17) is 0 Å². The quantitative estimate of drug-likeness (QED) is 0.740. The van der Waals surface area contributed by atoms with Gasteiger partial charge in [0.25, 0.3) is 0 Å². The summed E-state index contributed by atoms with van der Waals surface area (Å²) >= 11 is 2.55. The van der Waals surface area contributed by atoms with Crippen LogP contribution in [0.4, 0.5) is 0 Å². The SMILES string of the molecule is CC(=O)SCC=Cc1csc(C=O)n1. The molecule has 0 aliphatic heterocycles. The number of hydrogen-bond acceptors (Lipinski definition) is 5. The molecule has 0 aliphatic rings. The van der Waals surface area contributed by atoms with Gasteiger partial charge in [0.2, 0.25) is 0 Å². The largest absolute Gasteiger partial charge is 0.295 e. The van der Waals surface area contributed by atoms with Gasteiger partial charge < -0.3 is 0 Å². The third-order valence-corrected chi connectivity index (χ3v) is 2.87. The van der Waals surface area contributed by atoms with Crippen LogP contribution in [0.1, 0.15) is 22.4 Å². The number of hydrogen-bond donors (Lipinski definition) is 0. The molecule has 14 heavy (non-hydrogen) atoms. The molecule has 1 aromatic rings. The molecule has 1 aromatic heterocycles.